The van der Waals surface area contributed by atoms with Gasteiger partial charge < -0.3 is 10.2 Å². The van der Waals surface area contributed by atoms with Crippen LogP contribution in [0.2, 0.25) is 5.15 Å². The highest BCUT2D eigenvalue weighted by Gasteiger charge is 2.39. The summed E-state index contributed by atoms with van der Waals surface area (Å²) < 4.78 is 25.4. The molecule has 0 spiro atoms. The topological polar surface area (TPSA) is 106 Å². The summed E-state index contributed by atoms with van der Waals surface area (Å²) in [6.45, 7) is 5.13. The first-order valence-corrected chi connectivity index (χ1v) is 15.2. The van der Waals surface area contributed by atoms with Gasteiger partial charge in [0.1, 0.15) is 21.5 Å². The number of hydrogen-bond donors (Lipinski definition) is 1. The molecule has 3 aromatic heterocycles. The van der Waals surface area contributed by atoms with E-state index in [1.165, 1.54) is 22.8 Å². The predicted molar refractivity (Wildman–Crippen MR) is 151 cm³/mol. The van der Waals surface area contributed by atoms with Gasteiger partial charge >= 0.3 is 0 Å². The van der Waals surface area contributed by atoms with Crippen molar-refractivity contribution in [3.05, 3.63) is 53.1 Å². The van der Waals surface area contributed by atoms with E-state index in [1.54, 1.807) is 30.2 Å². The number of aromatic nitrogens is 5. The molecule has 0 saturated carbocycles. The Morgan fingerprint density at radius 1 is 1.16 bits per heavy atom. The van der Waals surface area contributed by atoms with Gasteiger partial charge in [-0.1, -0.05) is 18.5 Å². The van der Waals surface area contributed by atoms with E-state index in [-0.39, 0.29) is 17.7 Å². The number of benzene rings is 1. The van der Waals surface area contributed by atoms with E-state index in [0.717, 1.165) is 30.5 Å². The minimum Gasteiger partial charge on any atom is -0.367 e. The molecule has 1 aliphatic heterocycles. The molecule has 9 nitrogen and oxygen atoms in total. The summed E-state index contributed by atoms with van der Waals surface area (Å²) >= 11 is 6.25. The summed E-state index contributed by atoms with van der Waals surface area (Å²) in [4.78, 5) is 16.1. The summed E-state index contributed by atoms with van der Waals surface area (Å²) in [5, 5.41) is 10.1. The zero-order valence-corrected chi connectivity index (χ0v) is 23.4. The van der Waals surface area contributed by atoms with E-state index in [2.05, 4.69) is 51.3 Å². The van der Waals surface area contributed by atoms with E-state index >= 15 is 0 Å². The second kappa shape index (κ2) is 9.20. The van der Waals surface area contributed by atoms with Gasteiger partial charge in [0, 0.05) is 61.5 Å². The molecule has 198 valence electrons. The first kappa shape index (κ1) is 25.1. The van der Waals surface area contributed by atoms with Crippen LogP contribution in [0.3, 0.4) is 0 Å². The second-order valence-electron chi connectivity index (χ2n) is 10.7. The fourth-order valence-electron chi connectivity index (χ4n) is 5.87. The number of nitrogens with one attached hydrogen (secondary N) is 1. The lowest BCUT2D eigenvalue weighted by Crippen LogP contribution is -2.57. The molecule has 38 heavy (non-hydrogen) atoms. The minimum atomic E-state index is -3.01. The molecule has 2 aliphatic rings. The molecule has 4 aromatic rings. The number of hydrogen-bond acceptors (Lipinski definition) is 8. The number of fused-ring (bicyclic) bond motifs is 3. The number of pyridine rings is 1. The van der Waals surface area contributed by atoms with Crippen molar-refractivity contribution in [3.63, 3.8) is 0 Å². The molecule has 6 rings (SSSR count). The van der Waals surface area contributed by atoms with Crippen molar-refractivity contribution >= 4 is 49.5 Å². The molecule has 1 N–H and O–H groups in total. The maximum absolute atomic E-state index is 11.9. The van der Waals surface area contributed by atoms with Crippen LogP contribution in [0.25, 0.3) is 22.2 Å². The summed E-state index contributed by atoms with van der Waals surface area (Å²) in [6.07, 6.45) is 8.88. The lowest BCUT2D eigenvalue weighted by molar-refractivity contribution is 0.342. The molecule has 1 aromatic carbocycles. The third-order valence-electron chi connectivity index (χ3n) is 7.83. The molecule has 3 atom stereocenters. The average molecular weight is 552 g/mol. The van der Waals surface area contributed by atoms with Crippen molar-refractivity contribution in [1.29, 1.82) is 0 Å². The maximum Gasteiger partial charge on any atom is 0.166 e. The van der Waals surface area contributed by atoms with Crippen LogP contribution in [-0.2, 0) is 23.3 Å². The van der Waals surface area contributed by atoms with E-state index in [4.69, 9.17) is 16.6 Å². The highest BCUT2D eigenvalue weighted by Crippen LogP contribution is 2.45. The third-order valence-corrected chi connectivity index (χ3v) is 9.15. The number of halogens is 1. The van der Waals surface area contributed by atoms with E-state index in [1.807, 2.05) is 6.20 Å². The number of aryl methyl sites for hydroxylation is 2. The van der Waals surface area contributed by atoms with Crippen LogP contribution < -0.4 is 10.2 Å². The zero-order valence-electron chi connectivity index (χ0n) is 21.8. The first-order valence-electron chi connectivity index (χ1n) is 12.8. The quantitative estimate of drug-likeness (QED) is 0.366. The van der Waals surface area contributed by atoms with Crippen molar-refractivity contribution in [1.82, 2.24) is 24.7 Å². The van der Waals surface area contributed by atoms with E-state index in [9.17, 15) is 8.42 Å². The van der Waals surface area contributed by atoms with Crippen molar-refractivity contribution < 1.29 is 8.42 Å². The molecule has 1 saturated heterocycles. The first-order chi connectivity index (χ1) is 18.1. The van der Waals surface area contributed by atoms with E-state index in [0.29, 0.717) is 34.1 Å². The Morgan fingerprint density at radius 3 is 2.68 bits per heavy atom. The highest BCUT2D eigenvalue weighted by atomic mass is 35.5. The summed E-state index contributed by atoms with van der Waals surface area (Å²) in [6, 6.07) is 6.36. The van der Waals surface area contributed by atoms with Crippen LogP contribution in [0.1, 0.15) is 37.3 Å². The summed E-state index contributed by atoms with van der Waals surface area (Å²) in [5.74, 6) is 2.62. The number of nitrogens with zero attached hydrogens (tertiary/aromatic N) is 6. The minimum absolute atomic E-state index is 0.140. The molecule has 11 heteroatoms. The molecule has 0 amide bonds. The fourth-order valence-corrected chi connectivity index (χ4v) is 7.29. The van der Waals surface area contributed by atoms with Gasteiger partial charge in [0.15, 0.2) is 11.0 Å². The summed E-state index contributed by atoms with van der Waals surface area (Å²) in [5.41, 5.74) is 4.55. The van der Waals surface area contributed by atoms with Crippen molar-refractivity contribution in [2.24, 2.45) is 13.0 Å². The lowest BCUT2D eigenvalue weighted by atomic mass is 9.88. The van der Waals surface area contributed by atoms with Gasteiger partial charge in [-0.05, 0) is 60.4 Å². The number of anilines is 3. The van der Waals surface area contributed by atoms with Crippen LogP contribution in [-0.4, -0.2) is 57.7 Å². The van der Waals surface area contributed by atoms with Gasteiger partial charge in [-0.15, -0.1) is 0 Å². The Balaban J connectivity index is 1.35. The fraction of sp³-hybridized carbons (Fsp3) is 0.407. The maximum atomic E-state index is 11.9. The smallest absolute Gasteiger partial charge is 0.166 e. The van der Waals surface area contributed by atoms with Crippen LogP contribution in [0, 0.1) is 5.92 Å². The van der Waals surface area contributed by atoms with Gasteiger partial charge in [-0.2, -0.15) is 5.10 Å². The Hall–Kier alpha value is -3.24. The molecule has 0 radical (unpaired) electrons. The van der Waals surface area contributed by atoms with Gasteiger partial charge in [0.25, 0.3) is 0 Å². The molecule has 1 aliphatic carbocycles. The standard InChI is InChI=1S/C27H30ClN7O2S/c1-15-5-6-17-9-22(35-12-18(16(35)2)14-38(4,36)37)20-11-30-24(10-19(20)25(15)17)31-23-7-8-29-27(32-23)21-13-34(3)33-26(21)28/h7-11,13,15-16,18H,5-6,12,14H2,1-4H3,(H,29,30,31,32)/t15-,16-,18-/m1/s1. The van der Waals surface area contributed by atoms with Crippen LogP contribution >= 0.6 is 11.6 Å². The van der Waals surface area contributed by atoms with Crippen LogP contribution in [0.15, 0.2) is 36.8 Å². The number of sulfone groups is 1. The van der Waals surface area contributed by atoms with Crippen molar-refractivity contribution in [3.8, 4) is 11.4 Å². The molecular formula is C27H30ClN7O2S. The molecule has 4 heterocycles. The van der Waals surface area contributed by atoms with Crippen LogP contribution in [0.4, 0.5) is 17.3 Å². The van der Waals surface area contributed by atoms with Gasteiger partial charge in [0.05, 0.1) is 11.3 Å². The molecule has 1 fully saturated rings. The Morgan fingerprint density at radius 2 is 1.97 bits per heavy atom. The molecule has 0 bridgehead atoms. The monoisotopic (exact) mass is 551 g/mol. The number of rotatable bonds is 6. The molecule has 0 unspecified atom stereocenters. The third kappa shape index (κ3) is 4.49. The largest absolute Gasteiger partial charge is 0.367 e. The molecular weight excluding hydrogens is 522 g/mol. The average Bonchev–Trinajstić information content (AvgIpc) is 3.41. The van der Waals surface area contributed by atoms with Gasteiger partial charge in [-0.25, -0.2) is 23.4 Å². The Bertz CT molecular complexity index is 1670. The normalized spacial score (nSPS) is 21.0. The second-order valence-corrected chi connectivity index (χ2v) is 13.2. The Kier molecular flexibility index (Phi) is 6.07. The zero-order chi connectivity index (χ0) is 26.8. The highest BCUT2D eigenvalue weighted by molar-refractivity contribution is 7.90. The van der Waals surface area contributed by atoms with Crippen LogP contribution in [0.5, 0.6) is 0 Å². The SMILES string of the molecule is C[C@@H]1CCc2cc(N3C[C@H](CS(C)(=O)=O)[C@H]3C)c3cnc(Nc4ccnc(-c5cn(C)nc5Cl)n4)cc3c21. The summed E-state index contributed by atoms with van der Waals surface area (Å²) in [7, 11) is -1.21. The van der Waals surface area contributed by atoms with Gasteiger partial charge in [0.2, 0.25) is 0 Å². The van der Waals surface area contributed by atoms with E-state index < -0.39 is 9.84 Å². The van der Waals surface area contributed by atoms with Crippen molar-refractivity contribution in [2.45, 2.75) is 38.6 Å². The lowest BCUT2D eigenvalue weighted by Gasteiger charge is -2.48. The predicted octanol–water partition coefficient (Wildman–Crippen LogP) is 4.74. The van der Waals surface area contributed by atoms with Crippen molar-refractivity contribution in [2.75, 3.05) is 28.8 Å². The Labute approximate surface area is 227 Å². The van der Waals surface area contributed by atoms with Gasteiger partial charge in [-0.3, -0.25) is 4.68 Å².